The summed E-state index contributed by atoms with van der Waals surface area (Å²) in [5.74, 6) is 0. The Balaban J connectivity index is 1.55. The molecule has 0 saturated carbocycles. The van der Waals surface area contributed by atoms with Crippen LogP contribution in [0.4, 0.5) is 22.7 Å². The molecule has 0 aromatic heterocycles. The number of benzene rings is 3. The van der Waals surface area contributed by atoms with Gasteiger partial charge < -0.3 is 9.80 Å². The third kappa shape index (κ3) is 2.80. The molecule has 0 N–H and O–H groups in total. The van der Waals surface area contributed by atoms with E-state index in [1.54, 1.807) is 11.1 Å². The molecule has 2 nitrogen and oxygen atoms in total. The molecule has 3 heteroatoms. The van der Waals surface area contributed by atoms with E-state index in [-0.39, 0.29) is 10.8 Å². The lowest BCUT2D eigenvalue weighted by Crippen LogP contribution is -2.35. The maximum absolute atomic E-state index is 2.56. The molecule has 0 amide bonds. The quantitative estimate of drug-likeness (QED) is 0.375. The average molecular weight is 441 g/mol. The standard InChI is InChI=1S/C29H32N2S/c1-18-14-19(2)16-20(15-18)30-17-31-23-11-10-21-25(29(5,6)13-12-28(21,3)4)27(23)32-24-9-7-8-22(30)26(24)31/h7-11,14-16H,12-13,17H2,1-6H3. The predicted molar refractivity (Wildman–Crippen MR) is 137 cm³/mol. The van der Waals surface area contributed by atoms with Crippen LogP contribution in [0, 0.1) is 13.8 Å². The summed E-state index contributed by atoms with van der Waals surface area (Å²) in [6.45, 7) is 15.0. The summed E-state index contributed by atoms with van der Waals surface area (Å²) in [6.07, 6.45) is 2.49. The Bertz CT molecular complexity index is 1250. The Labute approximate surface area is 196 Å². The van der Waals surface area contributed by atoms with E-state index in [9.17, 15) is 0 Å². The van der Waals surface area contributed by atoms with Gasteiger partial charge in [-0.15, -0.1) is 0 Å². The monoisotopic (exact) mass is 440 g/mol. The summed E-state index contributed by atoms with van der Waals surface area (Å²) >= 11 is 1.99. The first-order valence-electron chi connectivity index (χ1n) is 11.8. The number of anilines is 4. The zero-order valence-electron chi connectivity index (χ0n) is 20.0. The molecule has 1 aliphatic carbocycles. The zero-order chi connectivity index (χ0) is 22.4. The van der Waals surface area contributed by atoms with Crippen LogP contribution in [-0.4, -0.2) is 6.67 Å². The zero-order valence-corrected chi connectivity index (χ0v) is 20.9. The van der Waals surface area contributed by atoms with Crippen molar-refractivity contribution in [3.05, 3.63) is 70.8 Å². The minimum absolute atomic E-state index is 0.200. The van der Waals surface area contributed by atoms with Crippen LogP contribution in [0.1, 0.15) is 62.8 Å². The maximum Gasteiger partial charge on any atom is 0.100 e. The van der Waals surface area contributed by atoms with E-state index in [1.807, 2.05) is 11.8 Å². The molecule has 0 unspecified atom stereocenters. The van der Waals surface area contributed by atoms with Crippen LogP contribution < -0.4 is 9.80 Å². The van der Waals surface area contributed by atoms with Gasteiger partial charge in [0.25, 0.3) is 0 Å². The number of rotatable bonds is 1. The number of hydrogen-bond donors (Lipinski definition) is 0. The molecule has 0 spiro atoms. The minimum Gasteiger partial charge on any atom is -0.321 e. The van der Waals surface area contributed by atoms with Crippen molar-refractivity contribution in [2.45, 2.75) is 75.0 Å². The van der Waals surface area contributed by atoms with Gasteiger partial charge in [-0.25, -0.2) is 0 Å². The molecule has 0 radical (unpaired) electrons. The van der Waals surface area contributed by atoms with E-state index in [4.69, 9.17) is 0 Å². The Morgan fingerprint density at radius 2 is 1.50 bits per heavy atom. The fraction of sp³-hybridized carbons (Fsp3) is 0.379. The van der Waals surface area contributed by atoms with Gasteiger partial charge in [0, 0.05) is 15.5 Å². The minimum atomic E-state index is 0.200. The van der Waals surface area contributed by atoms with E-state index in [2.05, 4.69) is 99.9 Å². The van der Waals surface area contributed by atoms with E-state index in [1.165, 1.54) is 56.5 Å². The Morgan fingerprint density at radius 3 is 2.25 bits per heavy atom. The van der Waals surface area contributed by atoms with Crippen LogP contribution >= 0.6 is 11.8 Å². The number of nitrogens with zero attached hydrogens (tertiary/aromatic N) is 2. The van der Waals surface area contributed by atoms with Gasteiger partial charge >= 0.3 is 0 Å². The van der Waals surface area contributed by atoms with E-state index in [0.29, 0.717) is 0 Å². The third-order valence-electron chi connectivity index (χ3n) is 7.76. The lowest BCUT2D eigenvalue weighted by Gasteiger charge is -2.44. The summed E-state index contributed by atoms with van der Waals surface area (Å²) in [5, 5.41) is 0. The Kier molecular flexibility index (Phi) is 4.16. The molecule has 2 heterocycles. The highest BCUT2D eigenvalue weighted by molar-refractivity contribution is 7.99. The van der Waals surface area contributed by atoms with E-state index in [0.717, 1.165) is 6.67 Å². The van der Waals surface area contributed by atoms with Gasteiger partial charge in [-0.3, -0.25) is 0 Å². The number of aryl methyl sites for hydroxylation is 2. The van der Waals surface area contributed by atoms with Crippen molar-refractivity contribution in [2.75, 3.05) is 16.5 Å². The van der Waals surface area contributed by atoms with Crippen molar-refractivity contribution in [3.8, 4) is 0 Å². The molecule has 2 aliphatic heterocycles. The van der Waals surface area contributed by atoms with Crippen molar-refractivity contribution < 1.29 is 0 Å². The molecule has 3 aromatic rings. The van der Waals surface area contributed by atoms with Gasteiger partial charge in [0.2, 0.25) is 0 Å². The van der Waals surface area contributed by atoms with Gasteiger partial charge in [0.1, 0.15) is 6.67 Å². The summed E-state index contributed by atoms with van der Waals surface area (Å²) < 4.78 is 0. The second kappa shape index (κ2) is 6.57. The first-order valence-corrected chi connectivity index (χ1v) is 12.6. The average Bonchev–Trinajstić information content (AvgIpc) is 3.12. The first kappa shape index (κ1) is 20.2. The van der Waals surface area contributed by atoms with Crippen molar-refractivity contribution >= 4 is 34.5 Å². The largest absolute Gasteiger partial charge is 0.321 e. The molecule has 0 fully saturated rings. The lowest BCUT2D eigenvalue weighted by molar-refractivity contribution is 0.327. The van der Waals surface area contributed by atoms with Crippen LogP contribution in [0.5, 0.6) is 0 Å². The lowest BCUT2D eigenvalue weighted by atomic mass is 9.63. The number of para-hydroxylation sites is 1. The van der Waals surface area contributed by atoms with Crippen molar-refractivity contribution in [1.29, 1.82) is 0 Å². The summed E-state index contributed by atoms with van der Waals surface area (Å²) in [4.78, 5) is 7.91. The van der Waals surface area contributed by atoms with Crippen LogP contribution in [0.15, 0.2) is 58.3 Å². The summed E-state index contributed by atoms with van der Waals surface area (Å²) in [6, 6.07) is 18.6. The normalized spacial score (nSPS) is 19.4. The molecule has 0 bridgehead atoms. The van der Waals surface area contributed by atoms with Crippen LogP contribution in [-0.2, 0) is 10.8 Å². The van der Waals surface area contributed by atoms with Crippen LogP contribution in [0.25, 0.3) is 0 Å². The third-order valence-corrected chi connectivity index (χ3v) is 8.93. The van der Waals surface area contributed by atoms with Crippen molar-refractivity contribution in [3.63, 3.8) is 0 Å². The van der Waals surface area contributed by atoms with Gasteiger partial charge in [-0.05, 0) is 90.1 Å². The molecule has 6 rings (SSSR count). The molecule has 3 aromatic carbocycles. The molecule has 164 valence electrons. The van der Waals surface area contributed by atoms with Crippen molar-refractivity contribution in [1.82, 2.24) is 0 Å². The molecule has 0 atom stereocenters. The topological polar surface area (TPSA) is 6.48 Å². The SMILES string of the molecule is Cc1cc(C)cc(N2CN3c4ccc5c(c4Sc4cccc2c43)C(C)(C)CCC5(C)C)c1. The summed E-state index contributed by atoms with van der Waals surface area (Å²) in [7, 11) is 0. The Hall–Kier alpha value is -2.39. The maximum atomic E-state index is 2.56. The molecule has 0 saturated heterocycles. The highest BCUT2D eigenvalue weighted by atomic mass is 32.2. The van der Waals surface area contributed by atoms with Crippen molar-refractivity contribution in [2.24, 2.45) is 0 Å². The van der Waals surface area contributed by atoms with Crippen LogP contribution in [0.3, 0.4) is 0 Å². The second-order valence-electron chi connectivity index (χ2n) is 11.2. The van der Waals surface area contributed by atoms with E-state index >= 15 is 0 Å². The second-order valence-corrected chi connectivity index (χ2v) is 12.2. The smallest absolute Gasteiger partial charge is 0.100 e. The van der Waals surface area contributed by atoms with Gasteiger partial charge in [0.05, 0.1) is 17.1 Å². The fourth-order valence-corrected chi connectivity index (χ4v) is 7.46. The number of fused-ring (bicyclic) bond motifs is 4. The Morgan fingerprint density at radius 1 is 0.781 bits per heavy atom. The molecular formula is C29H32N2S. The van der Waals surface area contributed by atoms with Crippen LogP contribution in [0.2, 0.25) is 0 Å². The van der Waals surface area contributed by atoms with Gasteiger partial charge in [-0.2, -0.15) is 0 Å². The summed E-state index contributed by atoms with van der Waals surface area (Å²) in [5.41, 5.74) is 11.6. The van der Waals surface area contributed by atoms with E-state index < -0.39 is 0 Å². The predicted octanol–water partition coefficient (Wildman–Crippen LogP) is 8.36. The molecule has 32 heavy (non-hydrogen) atoms. The highest BCUT2D eigenvalue weighted by Crippen LogP contribution is 2.60. The number of hydrogen-bond acceptors (Lipinski definition) is 3. The fourth-order valence-electron chi connectivity index (χ4n) is 6.01. The first-order chi connectivity index (χ1) is 15.2. The highest BCUT2D eigenvalue weighted by Gasteiger charge is 2.43. The molecule has 3 aliphatic rings. The molecular weight excluding hydrogens is 408 g/mol. The van der Waals surface area contributed by atoms with Gasteiger partial charge in [-0.1, -0.05) is 57.7 Å². The van der Waals surface area contributed by atoms with Gasteiger partial charge in [0.15, 0.2) is 0 Å².